The van der Waals surface area contributed by atoms with Crippen molar-refractivity contribution in [2.24, 2.45) is 0 Å². The van der Waals surface area contributed by atoms with Gasteiger partial charge in [-0.25, -0.2) is 9.97 Å². The van der Waals surface area contributed by atoms with Crippen molar-refractivity contribution in [3.8, 4) is 0 Å². The van der Waals surface area contributed by atoms with Crippen LogP contribution in [0.5, 0.6) is 0 Å². The van der Waals surface area contributed by atoms with Crippen LogP contribution < -0.4 is 10.6 Å². The number of nitrogens with one attached hydrogen (secondary N) is 2. The molecule has 0 spiro atoms. The van der Waals surface area contributed by atoms with Crippen molar-refractivity contribution in [2.45, 2.75) is 20.4 Å². The smallest absolute Gasteiger partial charge is 0.258 e. The highest BCUT2D eigenvalue weighted by Gasteiger charge is 2.10. The van der Waals surface area contributed by atoms with Crippen molar-refractivity contribution >= 4 is 17.5 Å². The second-order valence-electron chi connectivity index (χ2n) is 5.43. The molecule has 1 aromatic carbocycles. The normalized spacial score (nSPS) is 10.4. The van der Waals surface area contributed by atoms with Gasteiger partial charge in [0.25, 0.3) is 5.91 Å². The summed E-state index contributed by atoms with van der Waals surface area (Å²) in [6.45, 7) is 4.47. The summed E-state index contributed by atoms with van der Waals surface area (Å²) in [6.07, 6.45) is 4.61. The topological polar surface area (TPSA) is 80.0 Å². The highest BCUT2D eigenvalue weighted by atomic mass is 16.3. The van der Waals surface area contributed by atoms with Crippen LogP contribution >= 0.6 is 0 Å². The number of nitrogens with zero attached hydrogens (tertiary/aromatic N) is 2. The Morgan fingerprint density at radius 2 is 1.92 bits per heavy atom. The van der Waals surface area contributed by atoms with Gasteiger partial charge in [0.05, 0.1) is 18.4 Å². The molecule has 3 rings (SSSR count). The van der Waals surface area contributed by atoms with E-state index in [-0.39, 0.29) is 5.91 Å². The molecule has 2 aromatic heterocycles. The fourth-order valence-electron chi connectivity index (χ4n) is 2.20. The molecule has 0 fully saturated rings. The van der Waals surface area contributed by atoms with E-state index in [4.69, 9.17) is 4.42 Å². The third-order valence-corrected chi connectivity index (χ3v) is 3.77. The number of aromatic nitrogens is 2. The standard InChI is InChI=1S/C18H18N4O2/c1-12-5-3-7-16(13(12)2)22-17(23)14-9-19-18(20-10-14)21-11-15-6-4-8-24-15/h3-10H,11H2,1-2H3,(H,22,23)(H,19,20,21). The summed E-state index contributed by atoms with van der Waals surface area (Å²) in [4.78, 5) is 20.6. The zero-order valence-electron chi connectivity index (χ0n) is 13.5. The molecule has 1 amide bonds. The molecule has 24 heavy (non-hydrogen) atoms. The summed E-state index contributed by atoms with van der Waals surface area (Å²) >= 11 is 0. The van der Waals surface area contributed by atoms with Crippen LogP contribution in [0.25, 0.3) is 0 Å². The van der Waals surface area contributed by atoms with Gasteiger partial charge in [-0.3, -0.25) is 4.79 Å². The molecule has 0 aliphatic carbocycles. The van der Waals surface area contributed by atoms with Gasteiger partial charge in [-0.1, -0.05) is 12.1 Å². The van der Waals surface area contributed by atoms with Crippen LogP contribution in [0.3, 0.4) is 0 Å². The Morgan fingerprint density at radius 3 is 2.62 bits per heavy atom. The largest absolute Gasteiger partial charge is 0.467 e. The van der Waals surface area contributed by atoms with Crippen LogP contribution in [0, 0.1) is 13.8 Å². The first-order valence-electron chi connectivity index (χ1n) is 7.59. The third kappa shape index (κ3) is 3.60. The van der Waals surface area contributed by atoms with E-state index in [1.54, 1.807) is 6.26 Å². The van der Waals surface area contributed by atoms with Gasteiger partial charge in [-0.2, -0.15) is 0 Å². The zero-order valence-corrected chi connectivity index (χ0v) is 13.5. The van der Waals surface area contributed by atoms with Crippen molar-refractivity contribution < 1.29 is 9.21 Å². The van der Waals surface area contributed by atoms with E-state index in [0.717, 1.165) is 22.6 Å². The fraction of sp³-hybridized carbons (Fsp3) is 0.167. The van der Waals surface area contributed by atoms with Crippen molar-refractivity contribution in [1.29, 1.82) is 0 Å². The van der Waals surface area contributed by atoms with Crippen molar-refractivity contribution in [3.05, 3.63) is 71.4 Å². The maximum atomic E-state index is 12.3. The Balaban J connectivity index is 1.64. The van der Waals surface area contributed by atoms with Gasteiger partial charge in [0.15, 0.2) is 0 Å². The number of carbonyl (C=O) groups is 1. The van der Waals surface area contributed by atoms with Crippen LogP contribution in [0.15, 0.2) is 53.4 Å². The van der Waals surface area contributed by atoms with Crippen LogP contribution in [0.1, 0.15) is 27.2 Å². The maximum Gasteiger partial charge on any atom is 0.258 e. The van der Waals surface area contributed by atoms with E-state index in [1.807, 2.05) is 44.2 Å². The van der Waals surface area contributed by atoms with Gasteiger partial charge < -0.3 is 15.1 Å². The molecule has 6 heteroatoms. The molecule has 2 N–H and O–H groups in total. The van der Waals surface area contributed by atoms with Crippen LogP contribution in [-0.2, 0) is 6.54 Å². The average Bonchev–Trinajstić information content (AvgIpc) is 3.11. The quantitative estimate of drug-likeness (QED) is 0.751. The Bertz CT molecular complexity index is 827. The minimum absolute atomic E-state index is 0.235. The van der Waals surface area contributed by atoms with Crippen molar-refractivity contribution in [3.63, 3.8) is 0 Å². The maximum absolute atomic E-state index is 12.3. The average molecular weight is 322 g/mol. The highest BCUT2D eigenvalue weighted by molar-refractivity contribution is 6.04. The van der Waals surface area contributed by atoms with E-state index >= 15 is 0 Å². The van der Waals surface area contributed by atoms with Crippen LogP contribution in [0.2, 0.25) is 0 Å². The molecule has 0 saturated carbocycles. The van der Waals surface area contributed by atoms with Gasteiger partial charge in [-0.15, -0.1) is 0 Å². The van der Waals surface area contributed by atoms with E-state index in [0.29, 0.717) is 18.1 Å². The molecule has 0 saturated heterocycles. The predicted molar refractivity (Wildman–Crippen MR) is 91.9 cm³/mol. The molecule has 0 bridgehead atoms. The predicted octanol–water partition coefficient (Wildman–Crippen LogP) is 3.55. The number of aryl methyl sites for hydroxylation is 1. The SMILES string of the molecule is Cc1cccc(NC(=O)c2cnc(NCc3ccco3)nc2)c1C. The number of hydrogen-bond donors (Lipinski definition) is 2. The number of carbonyl (C=O) groups excluding carboxylic acids is 1. The first-order valence-corrected chi connectivity index (χ1v) is 7.59. The molecule has 3 aromatic rings. The van der Waals surface area contributed by atoms with Crippen LogP contribution in [0.4, 0.5) is 11.6 Å². The molecule has 122 valence electrons. The lowest BCUT2D eigenvalue weighted by Crippen LogP contribution is -2.14. The number of benzene rings is 1. The fourth-order valence-corrected chi connectivity index (χ4v) is 2.20. The van der Waals surface area contributed by atoms with Crippen LogP contribution in [-0.4, -0.2) is 15.9 Å². The Kier molecular flexibility index (Phi) is 4.56. The number of rotatable bonds is 5. The first-order chi connectivity index (χ1) is 11.6. The number of furan rings is 1. The second-order valence-corrected chi connectivity index (χ2v) is 5.43. The van der Waals surface area contributed by atoms with E-state index in [9.17, 15) is 4.79 Å². The van der Waals surface area contributed by atoms with Gasteiger partial charge in [0, 0.05) is 18.1 Å². The number of hydrogen-bond acceptors (Lipinski definition) is 5. The summed E-state index contributed by atoms with van der Waals surface area (Å²) in [6, 6.07) is 9.47. The molecule has 0 atom stereocenters. The summed E-state index contributed by atoms with van der Waals surface area (Å²) < 4.78 is 5.22. The molecule has 6 nitrogen and oxygen atoms in total. The Hall–Kier alpha value is -3.15. The molecule has 0 unspecified atom stereocenters. The molecule has 0 radical (unpaired) electrons. The Morgan fingerprint density at radius 1 is 1.12 bits per heavy atom. The molecule has 2 heterocycles. The number of amides is 1. The number of anilines is 2. The third-order valence-electron chi connectivity index (χ3n) is 3.77. The lowest BCUT2D eigenvalue weighted by Gasteiger charge is -2.10. The first kappa shape index (κ1) is 15.7. The van der Waals surface area contributed by atoms with E-state index in [1.165, 1.54) is 12.4 Å². The monoisotopic (exact) mass is 322 g/mol. The lowest BCUT2D eigenvalue weighted by molar-refractivity contribution is 0.102. The molecular weight excluding hydrogens is 304 g/mol. The van der Waals surface area contributed by atoms with Gasteiger partial charge >= 0.3 is 0 Å². The highest BCUT2D eigenvalue weighted by Crippen LogP contribution is 2.18. The van der Waals surface area contributed by atoms with Gasteiger partial charge in [-0.05, 0) is 43.2 Å². The zero-order chi connectivity index (χ0) is 16.9. The minimum Gasteiger partial charge on any atom is -0.467 e. The molecular formula is C18H18N4O2. The van der Waals surface area contributed by atoms with Gasteiger partial charge in [0.1, 0.15) is 5.76 Å². The van der Waals surface area contributed by atoms with E-state index in [2.05, 4.69) is 20.6 Å². The summed E-state index contributed by atoms with van der Waals surface area (Å²) in [7, 11) is 0. The van der Waals surface area contributed by atoms with Crippen molar-refractivity contribution in [1.82, 2.24) is 9.97 Å². The summed E-state index contributed by atoms with van der Waals surface area (Å²) in [5, 5.41) is 5.92. The van der Waals surface area contributed by atoms with Crippen molar-refractivity contribution in [2.75, 3.05) is 10.6 Å². The van der Waals surface area contributed by atoms with Gasteiger partial charge in [0.2, 0.25) is 5.95 Å². The van der Waals surface area contributed by atoms with E-state index < -0.39 is 0 Å². The summed E-state index contributed by atoms with van der Waals surface area (Å²) in [5.41, 5.74) is 3.37. The molecule has 0 aliphatic heterocycles. The lowest BCUT2D eigenvalue weighted by atomic mass is 10.1. The second kappa shape index (κ2) is 6.95. The minimum atomic E-state index is -0.235. The Labute approximate surface area is 140 Å². The summed E-state index contributed by atoms with van der Waals surface area (Å²) in [5.74, 6) is 0.992. The molecule has 0 aliphatic rings.